The minimum atomic E-state index is -0.619. The number of aliphatic hydroxyl groups is 1. The zero-order valence-corrected chi connectivity index (χ0v) is 12.2. The van der Waals surface area contributed by atoms with E-state index in [0.717, 1.165) is 19.6 Å². The molecule has 0 bridgehead atoms. The summed E-state index contributed by atoms with van der Waals surface area (Å²) in [5.41, 5.74) is -0.135. The first-order valence-corrected chi connectivity index (χ1v) is 6.88. The number of β-amino-alcohol motifs (C(OH)–C–C–N with tert-alkyl or cyclic N) is 1. The maximum atomic E-state index is 10.3. The number of hydrogen-bond donors (Lipinski definition) is 2. The Labute approximate surface area is 107 Å². The summed E-state index contributed by atoms with van der Waals surface area (Å²) in [7, 11) is 0. The van der Waals surface area contributed by atoms with Crippen LogP contribution in [0.1, 0.15) is 47.5 Å². The van der Waals surface area contributed by atoms with Gasteiger partial charge in [-0.2, -0.15) is 0 Å². The Bertz CT molecular complexity index is 226. The van der Waals surface area contributed by atoms with Gasteiger partial charge in [0, 0.05) is 19.1 Å². The van der Waals surface area contributed by atoms with Crippen LogP contribution in [-0.4, -0.2) is 47.8 Å². The second kappa shape index (κ2) is 5.68. The van der Waals surface area contributed by atoms with Gasteiger partial charge in [0.05, 0.1) is 5.60 Å². The molecule has 1 unspecified atom stereocenters. The lowest BCUT2D eigenvalue weighted by molar-refractivity contribution is 0.00177. The maximum absolute atomic E-state index is 10.3. The lowest BCUT2D eigenvalue weighted by atomic mass is 9.82. The first kappa shape index (κ1) is 14.9. The van der Waals surface area contributed by atoms with Gasteiger partial charge in [-0.05, 0) is 38.3 Å². The second-order valence-electron chi connectivity index (χ2n) is 6.97. The van der Waals surface area contributed by atoms with Crippen molar-refractivity contribution in [3.63, 3.8) is 0 Å². The predicted octanol–water partition coefficient (Wildman–Crippen LogP) is 1.86. The van der Waals surface area contributed by atoms with E-state index >= 15 is 0 Å². The molecular weight excluding hydrogens is 212 g/mol. The summed E-state index contributed by atoms with van der Waals surface area (Å²) in [4.78, 5) is 2.40. The summed E-state index contributed by atoms with van der Waals surface area (Å²) in [6.45, 7) is 14.5. The van der Waals surface area contributed by atoms with Crippen molar-refractivity contribution in [1.82, 2.24) is 10.2 Å². The van der Waals surface area contributed by atoms with Crippen LogP contribution in [0, 0.1) is 5.41 Å². The second-order valence-corrected chi connectivity index (χ2v) is 6.97. The Morgan fingerprint density at radius 3 is 2.29 bits per heavy atom. The van der Waals surface area contributed by atoms with E-state index in [2.05, 4.69) is 37.9 Å². The first-order chi connectivity index (χ1) is 7.70. The highest BCUT2D eigenvalue weighted by Crippen LogP contribution is 2.30. The standard InChI is InChI=1S/C14H30N2O/c1-12(2)15-10-14(5,17)11-16-8-6-13(3,4)7-9-16/h12,15,17H,6-11H2,1-5H3. The number of nitrogens with one attached hydrogen (secondary N) is 1. The molecule has 0 aliphatic carbocycles. The van der Waals surface area contributed by atoms with Crippen LogP contribution in [0.2, 0.25) is 0 Å². The highest BCUT2D eigenvalue weighted by Gasteiger charge is 2.30. The van der Waals surface area contributed by atoms with Crippen molar-refractivity contribution in [2.24, 2.45) is 5.41 Å². The molecule has 17 heavy (non-hydrogen) atoms. The maximum Gasteiger partial charge on any atom is 0.0869 e. The molecule has 2 N–H and O–H groups in total. The summed E-state index contributed by atoms with van der Waals surface area (Å²) in [5.74, 6) is 0. The first-order valence-electron chi connectivity index (χ1n) is 6.88. The Kier molecular flexibility index (Phi) is 4.99. The minimum absolute atomic E-state index is 0.432. The van der Waals surface area contributed by atoms with Gasteiger partial charge in [0.2, 0.25) is 0 Å². The predicted molar refractivity (Wildman–Crippen MR) is 73.2 cm³/mol. The van der Waals surface area contributed by atoms with E-state index in [0.29, 0.717) is 18.0 Å². The van der Waals surface area contributed by atoms with Gasteiger partial charge < -0.3 is 15.3 Å². The van der Waals surface area contributed by atoms with E-state index in [9.17, 15) is 5.11 Å². The average Bonchev–Trinajstić information content (AvgIpc) is 2.19. The quantitative estimate of drug-likeness (QED) is 0.772. The SMILES string of the molecule is CC(C)NCC(C)(O)CN1CCC(C)(C)CC1. The molecule has 1 saturated heterocycles. The molecule has 3 heteroatoms. The number of nitrogens with zero attached hydrogens (tertiary/aromatic N) is 1. The van der Waals surface area contributed by atoms with Gasteiger partial charge in [-0.25, -0.2) is 0 Å². The molecule has 1 rings (SSSR count). The monoisotopic (exact) mass is 242 g/mol. The zero-order valence-electron chi connectivity index (χ0n) is 12.2. The molecular formula is C14H30N2O. The van der Waals surface area contributed by atoms with E-state index in [1.807, 2.05) is 6.92 Å². The van der Waals surface area contributed by atoms with E-state index in [-0.39, 0.29) is 0 Å². The lowest BCUT2D eigenvalue weighted by Gasteiger charge is -2.40. The van der Waals surface area contributed by atoms with Crippen molar-refractivity contribution in [3.8, 4) is 0 Å². The van der Waals surface area contributed by atoms with Crippen LogP contribution in [0.5, 0.6) is 0 Å². The van der Waals surface area contributed by atoms with Crippen molar-refractivity contribution >= 4 is 0 Å². The number of likely N-dealkylation sites (tertiary alicyclic amines) is 1. The normalized spacial score (nSPS) is 24.9. The third kappa shape index (κ3) is 5.84. The molecule has 1 atom stereocenters. The molecule has 3 nitrogen and oxygen atoms in total. The number of rotatable bonds is 5. The summed E-state index contributed by atoms with van der Waals surface area (Å²) < 4.78 is 0. The molecule has 1 aliphatic rings. The van der Waals surface area contributed by atoms with Crippen LogP contribution in [0.15, 0.2) is 0 Å². The molecule has 0 aromatic carbocycles. The van der Waals surface area contributed by atoms with E-state index in [1.54, 1.807) is 0 Å². The van der Waals surface area contributed by atoms with Gasteiger partial charge >= 0.3 is 0 Å². The minimum Gasteiger partial charge on any atom is -0.388 e. The van der Waals surface area contributed by atoms with Crippen LogP contribution in [0.3, 0.4) is 0 Å². The summed E-state index contributed by atoms with van der Waals surface area (Å²) in [5, 5.41) is 13.7. The van der Waals surface area contributed by atoms with Crippen LogP contribution < -0.4 is 5.32 Å². The molecule has 0 radical (unpaired) electrons. The number of hydrogen-bond acceptors (Lipinski definition) is 3. The van der Waals surface area contributed by atoms with Gasteiger partial charge in [-0.15, -0.1) is 0 Å². The van der Waals surface area contributed by atoms with Gasteiger partial charge in [-0.1, -0.05) is 27.7 Å². The third-order valence-corrected chi connectivity index (χ3v) is 3.66. The summed E-state index contributed by atoms with van der Waals surface area (Å²) in [6.07, 6.45) is 2.47. The summed E-state index contributed by atoms with van der Waals surface area (Å²) in [6, 6.07) is 0.432. The van der Waals surface area contributed by atoms with Gasteiger partial charge in [0.1, 0.15) is 0 Å². The molecule has 0 aromatic rings. The Hall–Kier alpha value is -0.120. The van der Waals surface area contributed by atoms with Gasteiger partial charge in [0.25, 0.3) is 0 Å². The molecule has 102 valence electrons. The molecule has 0 aromatic heterocycles. The molecule has 0 spiro atoms. The molecule has 1 heterocycles. The Morgan fingerprint density at radius 2 is 1.82 bits per heavy atom. The van der Waals surface area contributed by atoms with Crippen molar-refractivity contribution in [2.75, 3.05) is 26.2 Å². The Balaban J connectivity index is 2.33. The van der Waals surface area contributed by atoms with Crippen LogP contribution in [0.25, 0.3) is 0 Å². The number of piperidine rings is 1. The van der Waals surface area contributed by atoms with Crippen LogP contribution in [0.4, 0.5) is 0 Å². The van der Waals surface area contributed by atoms with Crippen molar-refractivity contribution < 1.29 is 5.11 Å². The largest absolute Gasteiger partial charge is 0.388 e. The fraction of sp³-hybridized carbons (Fsp3) is 1.00. The van der Waals surface area contributed by atoms with E-state index < -0.39 is 5.60 Å². The average molecular weight is 242 g/mol. The highest BCUT2D eigenvalue weighted by atomic mass is 16.3. The third-order valence-electron chi connectivity index (χ3n) is 3.66. The fourth-order valence-corrected chi connectivity index (χ4v) is 2.28. The highest BCUT2D eigenvalue weighted by molar-refractivity contribution is 4.85. The van der Waals surface area contributed by atoms with Crippen molar-refractivity contribution in [3.05, 3.63) is 0 Å². The fourth-order valence-electron chi connectivity index (χ4n) is 2.28. The lowest BCUT2D eigenvalue weighted by Crippen LogP contribution is -2.51. The summed E-state index contributed by atoms with van der Waals surface area (Å²) >= 11 is 0. The van der Waals surface area contributed by atoms with Crippen molar-refractivity contribution in [2.45, 2.75) is 59.1 Å². The molecule has 1 aliphatic heterocycles. The van der Waals surface area contributed by atoms with Crippen LogP contribution in [-0.2, 0) is 0 Å². The smallest absolute Gasteiger partial charge is 0.0869 e. The zero-order chi connectivity index (χ0) is 13.1. The van der Waals surface area contributed by atoms with Gasteiger partial charge in [0.15, 0.2) is 0 Å². The molecule has 1 fully saturated rings. The van der Waals surface area contributed by atoms with Crippen molar-refractivity contribution in [1.29, 1.82) is 0 Å². The van der Waals surface area contributed by atoms with Crippen LogP contribution >= 0.6 is 0 Å². The van der Waals surface area contributed by atoms with E-state index in [1.165, 1.54) is 12.8 Å². The van der Waals surface area contributed by atoms with Gasteiger partial charge in [-0.3, -0.25) is 0 Å². The van der Waals surface area contributed by atoms with E-state index in [4.69, 9.17) is 0 Å². The molecule has 0 amide bonds. The Morgan fingerprint density at radius 1 is 1.29 bits per heavy atom. The topological polar surface area (TPSA) is 35.5 Å². The molecule has 0 saturated carbocycles.